The van der Waals surface area contributed by atoms with Gasteiger partial charge < -0.3 is 5.32 Å². The maximum atomic E-state index is 13.1. The number of halogens is 1. The number of likely N-dealkylation sites (tertiary alicyclic amines) is 1. The quantitative estimate of drug-likeness (QED) is 0.795. The number of aryl methyl sites for hydroxylation is 1. The Balaban J connectivity index is 1.66. The largest absolute Gasteiger partial charge is 0.325 e. The van der Waals surface area contributed by atoms with Crippen LogP contribution in [0.5, 0.6) is 0 Å². The molecule has 1 N–H and O–H groups in total. The van der Waals surface area contributed by atoms with Gasteiger partial charge in [0, 0.05) is 18.8 Å². The van der Waals surface area contributed by atoms with E-state index < -0.39 is 0 Å². The lowest BCUT2D eigenvalue weighted by Crippen LogP contribution is -2.40. The molecule has 1 atom stereocenters. The van der Waals surface area contributed by atoms with Gasteiger partial charge >= 0.3 is 0 Å². The Bertz CT molecular complexity index is 785. The van der Waals surface area contributed by atoms with Crippen molar-refractivity contribution >= 4 is 11.6 Å². The Hall–Kier alpha value is -2.20. The van der Waals surface area contributed by atoms with Gasteiger partial charge in [0.25, 0.3) is 0 Å². The lowest BCUT2D eigenvalue weighted by atomic mass is 9.94. The zero-order valence-corrected chi connectivity index (χ0v) is 16.5. The molecule has 1 saturated heterocycles. The number of anilines is 1. The van der Waals surface area contributed by atoms with Gasteiger partial charge in [0.2, 0.25) is 5.91 Å². The molecule has 1 aliphatic rings. The van der Waals surface area contributed by atoms with Gasteiger partial charge in [-0.2, -0.15) is 0 Å². The fraction of sp³-hybridized carbons (Fsp3) is 0.435. The van der Waals surface area contributed by atoms with Crippen LogP contribution in [0.1, 0.15) is 49.3 Å². The van der Waals surface area contributed by atoms with Crippen molar-refractivity contribution in [3.63, 3.8) is 0 Å². The molecule has 1 amide bonds. The van der Waals surface area contributed by atoms with Gasteiger partial charge in [0.05, 0.1) is 5.92 Å². The molecule has 3 rings (SSSR count). The fourth-order valence-corrected chi connectivity index (χ4v) is 3.83. The predicted molar refractivity (Wildman–Crippen MR) is 108 cm³/mol. The third kappa shape index (κ3) is 4.95. The van der Waals surface area contributed by atoms with Gasteiger partial charge in [-0.25, -0.2) is 4.39 Å². The van der Waals surface area contributed by atoms with Crippen molar-refractivity contribution in [2.75, 3.05) is 18.4 Å². The summed E-state index contributed by atoms with van der Waals surface area (Å²) in [4.78, 5) is 15.2. The molecule has 1 heterocycles. The smallest absolute Gasteiger partial charge is 0.228 e. The van der Waals surface area contributed by atoms with Gasteiger partial charge in [0.1, 0.15) is 5.82 Å². The van der Waals surface area contributed by atoms with E-state index in [2.05, 4.69) is 30.1 Å². The molecule has 144 valence electrons. The van der Waals surface area contributed by atoms with Crippen LogP contribution in [-0.2, 0) is 11.3 Å². The van der Waals surface area contributed by atoms with Crippen LogP contribution in [0.15, 0.2) is 42.5 Å². The predicted octanol–water partition coefficient (Wildman–Crippen LogP) is 5.11. The van der Waals surface area contributed by atoms with Crippen molar-refractivity contribution in [3.05, 3.63) is 65.0 Å². The molecule has 1 fully saturated rings. The number of carbonyl (C=O) groups is 1. The molecule has 4 heteroatoms. The second kappa shape index (κ2) is 8.66. The Morgan fingerprint density at radius 2 is 1.96 bits per heavy atom. The first-order valence-electron chi connectivity index (χ1n) is 9.81. The molecule has 2 aromatic rings. The van der Waals surface area contributed by atoms with Gasteiger partial charge in [-0.05, 0) is 61.1 Å². The molecule has 0 spiro atoms. The zero-order chi connectivity index (χ0) is 19.4. The van der Waals surface area contributed by atoms with E-state index in [1.165, 1.54) is 17.7 Å². The number of para-hydroxylation sites is 1. The Morgan fingerprint density at radius 1 is 1.22 bits per heavy atom. The van der Waals surface area contributed by atoms with Gasteiger partial charge in [0.15, 0.2) is 0 Å². The van der Waals surface area contributed by atoms with Crippen molar-refractivity contribution in [2.45, 2.75) is 46.1 Å². The second-order valence-electron chi connectivity index (χ2n) is 7.88. The fourth-order valence-electron chi connectivity index (χ4n) is 3.83. The Kier molecular flexibility index (Phi) is 6.27. The number of benzene rings is 2. The highest BCUT2D eigenvalue weighted by atomic mass is 19.1. The number of carbonyl (C=O) groups excluding carboxylic acids is 1. The van der Waals surface area contributed by atoms with Crippen molar-refractivity contribution in [1.29, 1.82) is 0 Å². The van der Waals surface area contributed by atoms with Crippen LogP contribution in [0.3, 0.4) is 0 Å². The molecule has 0 unspecified atom stereocenters. The van der Waals surface area contributed by atoms with E-state index in [9.17, 15) is 9.18 Å². The van der Waals surface area contributed by atoms with E-state index in [-0.39, 0.29) is 17.6 Å². The first-order valence-corrected chi connectivity index (χ1v) is 9.81. The minimum Gasteiger partial charge on any atom is -0.325 e. The minimum atomic E-state index is -0.214. The summed E-state index contributed by atoms with van der Waals surface area (Å²) in [5, 5.41) is 3.21. The maximum Gasteiger partial charge on any atom is 0.228 e. The molecule has 0 radical (unpaired) electrons. The Labute approximate surface area is 161 Å². The molecule has 0 bridgehead atoms. The average Bonchev–Trinajstić information content (AvgIpc) is 2.65. The highest BCUT2D eigenvalue weighted by Gasteiger charge is 2.26. The highest BCUT2D eigenvalue weighted by molar-refractivity contribution is 5.94. The maximum absolute atomic E-state index is 13.1. The van der Waals surface area contributed by atoms with Crippen molar-refractivity contribution in [1.82, 2.24) is 4.90 Å². The molecular weight excluding hydrogens is 339 g/mol. The molecule has 0 saturated carbocycles. The second-order valence-corrected chi connectivity index (χ2v) is 7.88. The Morgan fingerprint density at radius 3 is 2.67 bits per heavy atom. The molecule has 2 aromatic carbocycles. The van der Waals surface area contributed by atoms with E-state index in [4.69, 9.17) is 0 Å². The van der Waals surface area contributed by atoms with E-state index in [1.54, 1.807) is 0 Å². The topological polar surface area (TPSA) is 32.3 Å². The van der Waals surface area contributed by atoms with Crippen molar-refractivity contribution in [3.8, 4) is 0 Å². The third-order valence-corrected chi connectivity index (χ3v) is 5.37. The molecule has 1 aliphatic heterocycles. The number of hydrogen-bond acceptors (Lipinski definition) is 2. The molecule has 3 nitrogen and oxygen atoms in total. The molecule has 0 aromatic heterocycles. The number of hydrogen-bond donors (Lipinski definition) is 1. The number of rotatable bonds is 5. The van der Waals surface area contributed by atoms with Crippen LogP contribution in [0, 0.1) is 18.7 Å². The lowest BCUT2D eigenvalue weighted by molar-refractivity contribution is -0.121. The van der Waals surface area contributed by atoms with Gasteiger partial charge in [-0.3, -0.25) is 9.69 Å². The van der Waals surface area contributed by atoms with E-state index in [1.807, 2.05) is 31.2 Å². The summed E-state index contributed by atoms with van der Waals surface area (Å²) in [6, 6.07) is 12.8. The summed E-state index contributed by atoms with van der Waals surface area (Å²) in [6.07, 6.45) is 1.92. The van der Waals surface area contributed by atoms with E-state index >= 15 is 0 Å². The normalized spacial score (nSPS) is 17.9. The van der Waals surface area contributed by atoms with Crippen molar-refractivity contribution in [2.24, 2.45) is 5.92 Å². The average molecular weight is 368 g/mol. The van der Waals surface area contributed by atoms with Crippen LogP contribution in [-0.4, -0.2) is 23.9 Å². The molecule has 27 heavy (non-hydrogen) atoms. The first-order chi connectivity index (χ1) is 12.9. The summed E-state index contributed by atoms with van der Waals surface area (Å²) >= 11 is 0. The minimum absolute atomic E-state index is 0.0150. The summed E-state index contributed by atoms with van der Waals surface area (Å²) in [5.74, 6) is 0.240. The molecule has 0 aliphatic carbocycles. The number of nitrogens with one attached hydrogen (secondary N) is 1. The summed E-state index contributed by atoms with van der Waals surface area (Å²) < 4.78 is 13.1. The number of piperidine rings is 1. The monoisotopic (exact) mass is 368 g/mol. The number of amides is 1. The summed E-state index contributed by atoms with van der Waals surface area (Å²) in [5.41, 5.74) is 4.34. The first kappa shape index (κ1) is 19.6. The molecular formula is C23H29FN2O. The summed E-state index contributed by atoms with van der Waals surface area (Å²) in [6.45, 7) is 8.81. The van der Waals surface area contributed by atoms with Gasteiger partial charge in [-0.15, -0.1) is 0 Å². The van der Waals surface area contributed by atoms with Crippen molar-refractivity contribution < 1.29 is 9.18 Å². The van der Waals surface area contributed by atoms with Crippen LogP contribution >= 0.6 is 0 Å². The van der Waals surface area contributed by atoms with Crippen LogP contribution in [0.4, 0.5) is 10.1 Å². The van der Waals surface area contributed by atoms with Crippen LogP contribution in [0.25, 0.3) is 0 Å². The lowest BCUT2D eigenvalue weighted by Gasteiger charge is -2.32. The third-order valence-electron chi connectivity index (χ3n) is 5.37. The highest BCUT2D eigenvalue weighted by Crippen LogP contribution is 2.29. The summed E-state index contributed by atoms with van der Waals surface area (Å²) in [7, 11) is 0. The standard InChI is InChI=1S/C23H29FN2O/c1-16(2)21-8-4-6-17(3)22(21)25-23(27)19-7-5-13-26(15-19)14-18-9-11-20(24)12-10-18/h4,6,8-12,16,19H,5,7,13-15H2,1-3H3,(H,25,27)/t19-/m0/s1. The number of nitrogens with zero attached hydrogens (tertiary/aromatic N) is 1. The van der Waals surface area contributed by atoms with E-state index in [0.717, 1.165) is 49.3 Å². The van der Waals surface area contributed by atoms with Crippen LogP contribution in [0.2, 0.25) is 0 Å². The SMILES string of the molecule is Cc1cccc(C(C)C)c1NC(=O)[C@H]1CCCN(Cc2ccc(F)cc2)C1. The van der Waals surface area contributed by atoms with E-state index in [0.29, 0.717) is 5.92 Å². The zero-order valence-electron chi connectivity index (χ0n) is 16.5. The van der Waals surface area contributed by atoms with Gasteiger partial charge in [-0.1, -0.05) is 44.2 Å². The van der Waals surface area contributed by atoms with Crippen LogP contribution < -0.4 is 5.32 Å².